The van der Waals surface area contributed by atoms with E-state index in [1.807, 2.05) is 78.9 Å². The molecule has 1 aromatic heterocycles. The van der Waals surface area contributed by atoms with E-state index in [9.17, 15) is 14.7 Å². The minimum atomic E-state index is -0.973. The summed E-state index contributed by atoms with van der Waals surface area (Å²) in [5, 5.41) is 19.0. The molecule has 230 valence electrons. The number of rotatable bonds is 11. The number of carbonyl (C=O) groups is 2. The monoisotopic (exact) mass is 614 g/mol. The third kappa shape index (κ3) is 7.11. The second-order valence-corrected chi connectivity index (χ2v) is 10.3. The average molecular weight is 615 g/mol. The molecule has 0 aliphatic rings. The summed E-state index contributed by atoms with van der Waals surface area (Å²) in [6.07, 6.45) is -0.172. The highest BCUT2D eigenvalue weighted by Crippen LogP contribution is 2.28. The first-order valence-corrected chi connectivity index (χ1v) is 14.5. The third-order valence-corrected chi connectivity index (χ3v) is 7.23. The maximum absolute atomic E-state index is 13.1. The van der Waals surface area contributed by atoms with Gasteiger partial charge in [-0.05, 0) is 51.4 Å². The molecule has 5 aromatic carbocycles. The first-order valence-electron chi connectivity index (χ1n) is 14.5. The van der Waals surface area contributed by atoms with Crippen molar-refractivity contribution >= 4 is 51.1 Å². The highest BCUT2D eigenvalue weighted by atomic mass is 16.5. The summed E-state index contributed by atoms with van der Waals surface area (Å²) in [7, 11) is 1.51. The van der Waals surface area contributed by atoms with Crippen LogP contribution in [0.1, 0.15) is 12.0 Å². The number of amides is 2. The molecule has 11 heteroatoms. The lowest BCUT2D eigenvalue weighted by atomic mass is 10.0. The van der Waals surface area contributed by atoms with Gasteiger partial charge in [0.15, 0.2) is 0 Å². The summed E-state index contributed by atoms with van der Waals surface area (Å²) in [6.45, 7) is 0.381. The summed E-state index contributed by atoms with van der Waals surface area (Å²) in [5.74, 6) is 0.0220. The molecule has 46 heavy (non-hydrogen) atoms. The number of carboxylic acid groups (broad SMARTS) is 1. The van der Waals surface area contributed by atoms with Gasteiger partial charge in [-0.15, -0.1) is 0 Å². The first kappa shape index (κ1) is 29.8. The van der Waals surface area contributed by atoms with Crippen LogP contribution in [0, 0.1) is 0 Å². The lowest BCUT2D eigenvalue weighted by molar-refractivity contribution is -0.136. The zero-order valence-electron chi connectivity index (χ0n) is 24.9. The SMILES string of the molecule is COc1ccccc1NC(=O)Nc1nc(Oc2ccc3ccccc3c2)nc(N(CCC(=O)O)Cc2cccc3ccccc23)n1. The van der Waals surface area contributed by atoms with Crippen molar-refractivity contribution in [1.29, 1.82) is 0 Å². The van der Waals surface area contributed by atoms with Crippen LogP contribution in [0.5, 0.6) is 17.5 Å². The highest BCUT2D eigenvalue weighted by Gasteiger charge is 2.19. The third-order valence-electron chi connectivity index (χ3n) is 7.23. The van der Waals surface area contributed by atoms with Crippen LogP contribution in [-0.2, 0) is 11.3 Å². The van der Waals surface area contributed by atoms with Crippen molar-refractivity contribution in [1.82, 2.24) is 15.0 Å². The van der Waals surface area contributed by atoms with Crippen LogP contribution >= 0.6 is 0 Å². The molecule has 6 rings (SSSR count). The Bertz CT molecular complexity index is 2030. The topological polar surface area (TPSA) is 139 Å². The molecular formula is C35H30N6O5. The quantitative estimate of drug-likeness (QED) is 0.139. The molecule has 0 aliphatic heterocycles. The van der Waals surface area contributed by atoms with Crippen molar-refractivity contribution in [2.45, 2.75) is 13.0 Å². The van der Waals surface area contributed by atoms with Crippen LogP contribution in [-0.4, -0.2) is 45.7 Å². The number of hydrogen-bond acceptors (Lipinski definition) is 8. The molecule has 6 aromatic rings. The molecule has 0 spiro atoms. The molecule has 1 heterocycles. The summed E-state index contributed by atoms with van der Waals surface area (Å²) >= 11 is 0. The fourth-order valence-electron chi connectivity index (χ4n) is 5.04. The van der Waals surface area contributed by atoms with Crippen molar-refractivity contribution < 1.29 is 24.2 Å². The number of ether oxygens (including phenoxy) is 2. The fraction of sp³-hybridized carbons (Fsp3) is 0.114. The van der Waals surface area contributed by atoms with Gasteiger partial charge in [-0.2, -0.15) is 15.0 Å². The summed E-state index contributed by atoms with van der Waals surface area (Å²) < 4.78 is 11.4. The van der Waals surface area contributed by atoms with Crippen LogP contribution in [0.4, 0.5) is 22.4 Å². The van der Waals surface area contributed by atoms with Gasteiger partial charge in [0.2, 0.25) is 11.9 Å². The number of para-hydroxylation sites is 2. The molecule has 0 fully saturated rings. The molecule has 0 bridgehead atoms. The Morgan fingerprint density at radius 3 is 2.35 bits per heavy atom. The smallest absolute Gasteiger partial charge is 0.328 e. The maximum atomic E-state index is 13.1. The highest BCUT2D eigenvalue weighted by molar-refractivity contribution is 5.99. The number of anilines is 3. The minimum absolute atomic E-state index is 0.0777. The lowest BCUT2D eigenvalue weighted by Gasteiger charge is -2.23. The van der Waals surface area contributed by atoms with Crippen molar-refractivity contribution in [2.24, 2.45) is 0 Å². The fourth-order valence-corrected chi connectivity index (χ4v) is 5.04. The van der Waals surface area contributed by atoms with Gasteiger partial charge < -0.3 is 24.8 Å². The van der Waals surface area contributed by atoms with Gasteiger partial charge in [0.05, 0.1) is 19.2 Å². The number of urea groups is 1. The normalized spacial score (nSPS) is 10.8. The predicted octanol–water partition coefficient (Wildman–Crippen LogP) is 7.10. The van der Waals surface area contributed by atoms with E-state index in [-0.39, 0.29) is 30.9 Å². The van der Waals surface area contributed by atoms with Gasteiger partial charge in [0.25, 0.3) is 0 Å². The Kier molecular flexibility index (Phi) is 8.82. The van der Waals surface area contributed by atoms with Gasteiger partial charge in [0, 0.05) is 13.1 Å². The van der Waals surface area contributed by atoms with Crippen molar-refractivity contribution in [3.8, 4) is 17.5 Å². The van der Waals surface area contributed by atoms with Gasteiger partial charge in [-0.1, -0.05) is 84.9 Å². The van der Waals surface area contributed by atoms with Crippen LogP contribution in [0.2, 0.25) is 0 Å². The largest absolute Gasteiger partial charge is 0.495 e. The Balaban J connectivity index is 1.37. The van der Waals surface area contributed by atoms with E-state index in [0.29, 0.717) is 23.7 Å². The number of aromatic nitrogens is 3. The Hall–Kier alpha value is -6.23. The van der Waals surface area contributed by atoms with E-state index in [2.05, 4.69) is 25.6 Å². The van der Waals surface area contributed by atoms with Gasteiger partial charge in [-0.3, -0.25) is 10.1 Å². The second-order valence-electron chi connectivity index (χ2n) is 10.3. The van der Waals surface area contributed by atoms with Crippen LogP contribution in [0.3, 0.4) is 0 Å². The summed E-state index contributed by atoms with van der Waals surface area (Å²) in [6, 6.07) is 33.6. The average Bonchev–Trinajstić information content (AvgIpc) is 3.06. The molecule has 0 unspecified atom stereocenters. The van der Waals surface area contributed by atoms with Crippen molar-refractivity contribution in [3.63, 3.8) is 0 Å². The Labute approximate surface area is 264 Å². The van der Waals surface area contributed by atoms with Gasteiger partial charge >= 0.3 is 18.0 Å². The number of carbonyl (C=O) groups excluding carboxylic acids is 1. The summed E-state index contributed by atoms with van der Waals surface area (Å²) in [5.41, 5.74) is 1.40. The van der Waals surface area contributed by atoms with E-state index >= 15 is 0 Å². The number of hydrogen-bond donors (Lipinski definition) is 3. The van der Waals surface area contributed by atoms with Crippen LogP contribution in [0.15, 0.2) is 109 Å². The lowest BCUT2D eigenvalue weighted by Crippen LogP contribution is -2.29. The number of aliphatic carboxylic acids is 1. The summed E-state index contributed by atoms with van der Waals surface area (Å²) in [4.78, 5) is 40.0. The molecule has 0 saturated heterocycles. The van der Waals surface area contributed by atoms with E-state index in [0.717, 1.165) is 27.1 Å². The molecule has 0 radical (unpaired) electrons. The van der Waals surface area contributed by atoms with Gasteiger partial charge in [-0.25, -0.2) is 4.79 Å². The molecule has 3 N–H and O–H groups in total. The molecule has 0 atom stereocenters. The Morgan fingerprint density at radius 1 is 0.783 bits per heavy atom. The predicted molar refractivity (Wildman–Crippen MR) is 177 cm³/mol. The Morgan fingerprint density at radius 2 is 1.52 bits per heavy atom. The number of nitrogens with one attached hydrogen (secondary N) is 2. The molecule has 0 aliphatic carbocycles. The standard InChI is InChI=1S/C35H30N6O5/c1-45-30-16-7-6-15-29(30)36-34(44)38-32-37-33(40-35(39-32)46-27-18-17-23-9-2-3-11-25(23)21-27)41(20-19-31(42)43)22-26-13-8-12-24-10-4-5-14-28(24)26/h2-18,21H,19-20,22H2,1H3,(H,42,43)(H2,36,37,38,39,40,44). The van der Waals surface area contributed by atoms with E-state index in [4.69, 9.17) is 9.47 Å². The number of carboxylic acids is 1. The van der Waals surface area contributed by atoms with E-state index in [1.54, 1.807) is 35.2 Å². The number of nitrogens with zero attached hydrogens (tertiary/aromatic N) is 4. The number of benzene rings is 5. The van der Waals surface area contributed by atoms with Crippen molar-refractivity contribution in [3.05, 3.63) is 115 Å². The molecule has 0 saturated carbocycles. The van der Waals surface area contributed by atoms with Crippen LogP contribution in [0.25, 0.3) is 21.5 Å². The minimum Gasteiger partial charge on any atom is -0.495 e. The molecular weight excluding hydrogens is 584 g/mol. The van der Waals surface area contributed by atoms with Crippen LogP contribution < -0.4 is 25.0 Å². The zero-order valence-corrected chi connectivity index (χ0v) is 24.9. The maximum Gasteiger partial charge on any atom is 0.328 e. The molecule has 11 nitrogen and oxygen atoms in total. The number of methoxy groups -OCH3 is 1. The van der Waals surface area contributed by atoms with E-state index in [1.165, 1.54) is 7.11 Å². The number of fused-ring (bicyclic) bond motifs is 2. The first-order chi connectivity index (χ1) is 22.4. The van der Waals surface area contributed by atoms with Crippen molar-refractivity contribution in [2.75, 3.05) is 29.2 Å². The van der Waals surface area contributed by atoms with E-state index < -0.39 is 12.0 Å². The zero-order chi connectivity index (χ0) is 31.9. The molecule has 2 amide bonds. The second kappa shape index (κ2) is 13.6. The van der Waals surface area contributed by atoms with Gasteiger partial charge in [0.1, 0.15) is 11.5 Å².